The molecule has 0 radical (unpaired) electrons. The van der Waals surface area contributed by atoms with Crippen molar-refractivity contribution in [3.8, 4) is 0 Å². The van der Waals surface area contributed by atoms with Gasteiger partial charge < -0.3 is 11.5 Å². The molecule has 0 saturated carbocycles. The molecular weight excluding hydrogens is 331 g/mol. The summed E-state index contributed by atoms with van der Waals surface area (Å²) in [6.45, 7) is 0. The van der Waals surface area contributed by atoms with Gasteiger partial charge in [-0.05, 0) is 30.3 Å². The Morgan fingerprint density at radius 3 is 2.00 bits per heavy atom. The van der Waals surface area contributed by atoms with E-state index < -0.39 is 23.2 Å². The topological polar surface area (TPSA) is 52.0 Å². The van der Waals surface area contributed by atoms with E-state index in [1.807, 2.05) is 0 Å². The van der Waals surface area contributed by atoms with E-state index in [1.165, 1.54) is 24.3 Å². The zero-order valence-corrected chi connectivity index (χ0v) is 11.9. The lowest BCUT2D eigenvalue weighted by atomic mass is 10.2. The Bertz CT molecular complexity index is 630. The molecule has 2 rings (SSSR count). The fraction of sp³-hybridized carbons (Fsp3) is 0.0769. The number of nitrogens with two attached hydrogens (primary N) is 2. The second kappa shape index (κ2) is 6.87. The van der Waals surface area contributed by atoms with Gasteiger partial charge in [-0.3, -0.25) is 0 Å². The lowest BCUT2D eigenvalue weighted by Gasteiger charge is -2.09. The van der Waals surface area contributed by atoms with Crippen LogP contribution in [0.2, 0.25) is 10.0 Å². The molecule has 0 atom stereocenters. The van der Waals surface area contributed by atoms with Crippen molar-refractivity contribution < 1.29 is 17.6 Å². The molecule has 114 valence electrons. The fourth-order valence-corrected chi connectivity index (χ4v) is 1.62. The minimum atomic E-state index is -4.44. The van der Waals surface area contributed by atoms with Crippen LogP contribution in [0.15, 0.2) is 36.4 Å². The van der Waals surface area contributed by atoms with E-state index in [9.17, 15) is 17.6 Å². The third-order valence-corrected chi connectivity index (χ3v) is 2.89. The third-order valence-electron chi connectivity index (χ3n) is 2.32. The Kier molecular flexibility index (Phi) is 5.69. The number of para-hydroxylation sites is 1. The minimum Gasteiger partial charge on any atom is -0.397 e. The molecular formula is C13H10Cl2F4N2. The van der Waals surface area contributed by atoms with Crippen molar-refractivity contribution in [3.63, 3.8) is 0 Å². The summed E-state index contributed by atoms with van der Waals surface area (Å²) >= 11 is 10.8. The van der Waals surface area contributed by atoms with Crippen LogP contribution in [-0.2, 0) is 6.18 Å². The van der Waals surface area contributed by atoms with Gasteiger partial charge in [0.2, 0.25) is 0 Å². The molecule has 0 fully saturated rings. The zero-order chi connectivity index (χ0) is 16.2. The average Bonchev–Trinajstić information content (AvgIpc) is 2.37. The average molecular weight is 341 g/mol. The van der Waals surface area contributed by atoms with Crippen molar-refractivity contribution >= 4 is 34.6 Å². The molecule has 0 aliphatic carbocycles. The van der Waals surface area contributed by atoms with Gasteiger partial charge in [-0.2, -0.15) is 13.2 Å². The summed E-state index contributed by atoms with van der Waals surface area (Å²) in [5, 5.41) is 0.284. The summed E-state index contributed by atoms with van der Waals surface area (Å²) < 4.78 is 48.6. The normalized spacial score (nSPS) is 10.8. The Morgan fingerprint density at radius 1 is 0.952 bits per heavy atom. The number of hydrogen-bond acceptors (Lipinski definition) is 2. The SMILES string of the molecule is Nc1c(Cl)cccc1C(F)(F)F.Nc1ccc(Cl)cc1F. The largest absolute Gasteiger partial charge is 0.418 e. The van der Waals surface area contributed by atoms with Crippen molar-refractivity contribution in [1.29, 1.82) is 0 Å². The van der Waals surface area contributed by atoms with Gasteiger partial charge in [0.05, 0.1) is 22.0 Å². The maximum Gasteiger partial charge on any atom is 0.418 e. The van der Waals surface area contributed by atoms with Gasteiger partial charge >= 0.3 is 6.18 Å². The molecule has 0 spiro atoms. The standard InChI is InChI=1S/C7H5ClF3N.C6H5ClFN/c8-5-3-1-2-4(6(5)12)7(9,10)11;7-4-1-2-6(9)5(8)3-4/h1-3H,12H2;1-3H,9H2. The number of anilines is 2. The molecule has 0 amide bonds. The first-order chi connectivity index (χ1) is 9.62. The first-order valence-corrected chi connectivity index (χ1v) is 6.20. The van der Waals surface area contributed by atoms with E-state index in [0.29, 0.717) is 5.02 Å². The van der Waals surface area contributed by atoms with Crippen LogP contribution in [0.4, 0.5) is 28.9 Å². The van der Waals surface area contributed by atoms with Crippen LogP contribution in [0.1, 0.15) is 5.56 Å². The number of hydrogen-bond donors (Lipinski definition) is 2. The van der Waals surface area contributed by atoms with Crippen molar-refractivity contribution in [3.05, 3.63) is 57.8 Å². The summed E-state index contributed by atoms with van der Waals surface area (Å²) in [4.78, 5) is 0. The van der Waals surface area contributed by atoms with Crippen LogP contribution in [0.5, 0.6) is 0 Å². The number of halogens is 6. The van der Waals surface area contributed by atoms with Gasteiger partial charge in [0.25, 0.3) is 0 Å². The van der Waals surface area contributed by atoms with E-state index in [-0.39, 0.29) is 10.7 Å². The number of nitrogen functional groups attached to an aromatic ring is 2. The van der Waals surface area contributed by atoms with Crippen LogP contribution in [0.25, 0.3) is 0 Å². The van der Waals surface area contributed by atoms with Crippen molar-refractivity contribution in [1.82, 2.24) is 0 Å². The summed E-state index contributed by atoms with van der Waals surface area (Å²) in [6.07, 6.45) is -4.44. The van der Waals surface area contributed by atoms with E-state index in [4.69, 9.17) is 34.7 Å². The molecule has 0 aromatic heterocycles. The maximum atomic E-state index is 12.4. The van der Waals surface area contributed by atoms with E-state index >= 15 is 0 Å². The highest BCUT2D eigenvalue weighted by molar-refractivity contribution is 6.33. The predicted molar refractivity (Wildman–Crippen MR) is 76.7 cm³/mol. The highest BCUT2D eigenvalue weighted by Crippen LogP contribution is 2.36. The lowest BCUT2D eigenvalue weighted by molar-refractivity contribution is -0.136. The maximum absolute atomic E-state index is 12.4. The highest BCUT2D eigenvalue weighted by atomic mass is 35.5. The third kappa shape index (κ3) is 4.99. The highest BCUT2D eigenvalue weighted by Gasteiger charge is 2.33. The molecule has 8 heteroatoms. The van der Waals surface area contributed by atoms with Crippen LogP contribution in [-0.4, -0.2) is 0 Å². The first-order valence-electron chi connectivity index (χ1n) is 5.44. The van der Waals surface area contributed by atoms with E-state index in [2.05, 4.69) is 0 Å². The van der Waals surface area contributed by atoms with E-state index in [0.717, 1.165) is 6.07 Å². The smallest absolute Gasteiger partial charge is 0.397 e. The molecule has 0 unspecified atom stereocenters. The second-order valence-electron chi connectivity index (χ2n) is 3.86. The molecule has 0 aliphatic heterocycles. The molecule has 2 nitrogen and oxygen atoms in total. The van der Waals surface area contributed by atoms with Crippen molar-refractivity contribution in [2.75, 3.05) is 11.5 Å². The van der Waals surface area contributed by atoms with Crippen molar-refractivity contribution in [2.24, 2.45) is 0 Å². The van der Waals surface area contributed by atoms with Crippen molar-refractivity contribution in [2.45, 2.75) is 6.18 Å². The Labute approximate surface area is 128 Å². The Balaban J connectivity index is 0.000000219. The molecule has 0 bridgehead atoms. The first kappa shape index (κ1) is 17.4. The van der Waals surface area contributed by atoms with Gasteiger partial charge in [0.15, 0.2) is 0 Å². The zero-order valence-electron chi connectivity index (χ0n) is 10.4. The number of alkyl halides is 3. The molecule has 0 aliphatic rings. The number of benzene rings is 2. The number of rotatable bonds is 0. The molecule has 0 saturated heterocycles. The van der Waals surface area contributed by atoms with Gasteiger partial charge in [-0.1, -0.05) is 29.3 Å². The van der Waals surface area contributed by atoms with Crippen LogP contribution < -0.4 is 11.5 Å². The quantitative estimate of drug-likeness (QED) is 0.523. The van der Waals surface area contributed by atoms with Gasteiger partial charge in [0.1, 0.15) is 5.82 Å². The lowest BCUT2D eigenvalue weighted by Crippen LogP contribution is -2.08. The Morgan fingerprint density at radius 2 is 1.57 bits per heavy atom. The van der Waals surface area contributed by atoms with Gasteiger partial charge in [0, 0.05) is 5.02 Å². The summed E-state index contributed by atoms with van der Waals surface area (Å²) in [5.41, 5.74) is 9.08. The molecule has 21 heavy (non-hydrogen) atoms. The predicted octanol–water partition coefficient (Wildman–Crippen LogP) is 5.00. The fourth-order valence-electron chi connectivity index (χ4n) is 1.29. The minimum absolute atomic E-state index is 0.0789. The molecule has 2 aromatic carbocycles. The molecule has 2 aromatic rings. The monoisotopic (exact) mass is 340 g/mol. The Hall–Kier alpha value is -1.66. The molecule has 0 heterocycles. The molecule has 4 N–H and O–H groups in total. The van der Waals surface area contributed by atoms with Crippen LogP contribution in [0, 0.1) is 5.82 Å². The van der Waals surface area contributed by atoms with E-state index in [1.54, 1.807) is 6.07 Å². The summed E-state index contributed by atoms with van der Waals surface area (Å²) in [5.74, 6) is -0.470. The summed E-state index contributed by atoms with van der Waals surface area (Å²) in [7, 11) is 0. The van der Waals surface area contributed by atoms with Crippen LogP contribution >= 0.6 is 23.2 Å². The summed E-state index contributed by atoms with van der Waals surface area (Å²) in [6, 6.07) is 7.56. The van der Waals surface area contributed by atoms with Gasteiger partial charge in [-0.25, -0.2) is 4.39 Å². The van der Waals surface area contributed by atoms with Gasteiger partial charge in [-0.15, -0.1) is 0 Å². The second-order valence-corrected chi connectivity index (χ2v) is 4.71. The van der Waals surface area contributed by atoms with Crippen LogP contribution in [0.3, 0.4) is 0 Å².